The van der Waals surface area contributed by atoms with Crippen LogP contribution in [0.5, 0.6) is 0 Å². The average molecular weight is 385 g/mol. The number of nitrogens with one attached hydrogen (secondary N) is 2. The second-order valence-corrected chi connectivity index (χ2v) is 6.49. The smallest absolute Gasteiger partial charge is 0.228 e. The van der Waals surface area contributed by atoms with Crippen LogP contribution >= 0.6 is 23.2 Å². The van der Waals surface area contributed by atoms with E-state index >= 15 is 0 Å². The fourth-order valence-electron chi connectivity index (χ4n) is 2.43. The summed E-state index contributed by atoms with van der Waals surface area (Å²) in [4.78, 5) is 24.3. The van der Waals surface area contributed by atoms with Gasteiger partial charge in [0.15, 0.2) is 0 Å². The Kier molecular flexibility index (Phi) is 4.92. The lowest BCUT2D eigenvalue weighted by Gasteiger charge is -2.09. The standard InChI is InChI=1S/C17H12Cl2F2N2O2/c18-8-4-5-11(19)14(6-8)22-16(24)9-7-10(9)17(25)23-15-12(20)2-1-3-13(15)21/h1-6,9-10H,7H2,(H,22,24)(H,23,25). The molecule has 25 heavy (non-hydrogen) atoms. The zero-order valence-corrected chi connectivity index (χ0v) is 14.2. The predicted molar refractivity (Wildman–Crippen MR) is 91.7 cm³/mol. The van der Waals surface area contributed by atoms with Gasteiger partial charge in [-0.2, -0.15) is 0 Å². The maximum absolute atomic E-state index is 13.6. The van der Waals surface area contributed by atoms with Crippen LogP contribution in [0.15, 0.2) is 36.4 Å². The van der Waals surface area contributed by atoms with Gasteiger partial charge in [-0.15, -0.1) is 0 Å². The molecule has 1 fully saturated rings. The number of carbonyl (C=O) groups is 2. The second-order valence-electron chi connectivity index (χ2n) is 5.65. The Hall–Kier alpha value is -2.18. The molecule has 1 aliphatic carbocycles. The Balaban J connectivity index is 1.63. The number of benzene rings is 2. The van der Waals surface area contributed by atoms with E-state index in [1.165, 1.54) is 18.2 Å². The summed E-state index contributed by atoms with van der Waals surface area (Å²) < 4.78 is 27.1. The lowest BCUT2D eigenvalue weighted by molar-refractivity contribution is -0.122. The van der Waals surface area contributed by atoms with Crippen LogP contribution in [0.25, 0.3) is 0 Å². The highest BCUT2D eigenvalue weighted by Crippen LogP contribution is 2.41. The highest BCUT2D eigenvalue weighted by molar-refractivity contribution is 6.35. The third-order valence-electron chi connectivity index (χ3n) is 3.86. The van der Waals surface area contributed by atoms with E-state index in [0.717, 1.165) is 12.1 Å². The first-order valence-electron chi connectivity index (χ1n) is 7.37. The molecule has 1 aliphatic rings. The monoisotopic (exact) mass is 384 g/mol. The Morgan fingerprint density at radius 1 is 0.960 bits per heavy atom. The highest BCUT2D eigenvalue weighted by atomic mass is 35.5. The highest BCUT2D eigenvalue weighted by Gasteiger charge is 2.48. The zero-order valence-electron chi connectivity index (χ0n) is 12.7. The fourth-order valence-corrected chi connectivity index (χ4v) is 2.76. The number of para-hydroxylation sites is 1. The molecule has 130 valence electrons. The quantitative estimate of drug-likeness (QED) is 0.815. The van der Waals surface area contributed by atoms with Gasteiger partial charge >= 0.3 is 0 Å². The van der Waals surface area contributed by atoms with Crippen molar-refractivity contribution in [1.82, 2.24) is 0 Å². The van der Waals surface area contributed by atoms with Gasteiger partial charge in [0.25, 0.3) is 0 Å². The molecule has 0 heterocycles. The minimum atomic E-state index is -0.874. The summed E-state index contributed by atoms with van der Waals surface area (Å²) in [5.41, 5.74) is -0.179. The third kappa shape index (κ3) is 3.91. The summed E-state index contributed by atoms with van der Waals surface area (Å²) in [5.74, 6) is -4.01. The van der Waals surface area contributed by atoms with Crippen molar-refractivity contribution in [2.75, 3.05) is 10.6 Å². The average Bonchev–Trinajstić information content (AvgIpc) is 3.35. The number of halogens is 4. The Bertz CT molecular complexity index is 840. The number of hydrogen-bond donors (Lipinski definition) is 2. The molecular weight excluding hydrogens is 373 g/mol. The van der Waals surface area contributed by atoms with Crippen LogP contribution in [-0.2, 0) is 9.59 Å². The molecule has 3 rings (SSSR count). The van der Waals surface area contributed by atoms with E-state index < -0.39 is 41.0 Å². The molecule has 1 saturated carbocycles. The summed E-state index contributed by atoms with van der Waals surface area (Å²) in [5, 5.41) is 5.51. The Morgan fingerprint density at radius 2 is 1.56 bits per heavy atom. The molecule has 4 nitrogen and oxygen atoms in total. The molecule has 2 amide bonds. The molecule has 2 aromatic rings. The molecule has 2 N–H and O–H groups in total. The van der Waals surface area contributed by atoms with Crippen molar-refractivity contribution in [2.45, 2.75) is 6.42 Å². The van der Waals surface area contributed by atoms with Crippen molar-refractivity contribution in [2.24, 2.45) is 11.8 Å². The summed E-state index contributed by atoms with van der Waals surface area (Å²) >= 11 is 11.8. The van der Waals surface area contributed by atoms with Gasteiger partial charge in [-0.25, -0.2) is 8.78 Å². The number of carbonyl (C=O) groups excluding carboxylic acids is 2. The fraction of sp³-hybridized carbons (Fsp3) is 0.176. The summed E-state index contributed by atoms with van der Waals surface area (Å²) in [6.07, 6.45) is 0.284. The SMILES string of the molecule is O=C(Nc1cc(Cl)ccc1Cl)C1CC1C(=O)Nc1c(F)cccc1F. The van der Waals surface area contributed by atoms with E-state index in [4.69, 9.17) is 23.2 Å². The zero-order chi connectivity index (χ0) is 18.1. The second kappa shape index (κ2) is 6.98. The number of amides is 2. The van der Waals surface area contributed by atoms with Crippen LogP contribution in [-0.4, -0.2) is 11.8 Å². The van der Waals surface area contributed by atoms with Gasteiger partial charge in [0.2, 0.25) is 11.8 Å². The van der Waals surface area contributed by atoms with E-state index in [2.05, 4.69) is 10.6 Å². The van der Waals surface area contributed by atoms with Crippen molar-refractivity contribution < 1.29 is 18.4 Å². The number of hydrogen-bond acceptors (Lipinski definition) is 2. The lowest BCUT2D eigenvalue weighted by Crippen LogP contribution is -2.21. The summed E-state index contributed by atoms with van der Waals surface area (Å²) in [6, 6.07) is 7.89. The molecule has 0 spiro atoms. The van der Waals surface area contributed by atoms with E-state index in [-0.39, 0.29) is 6.42 Å². The normalized spacial score (nSPS) is 18.6. The largest absolute Gasteiger partial charge is 0.324 e. The minimum Gasteiger partial charge on any atom is -0.324 e. The van der Waals surface area contributed by atoms with E-state index in [1.807, 2.05) is 0 Å². The van der Waals surface area contributed by atoms with Gasteiger partial charge in [-0.05, 0) is 36.8 Å². The first-order chi connectivity index (χ1) is 11.9. The van der Waals surface area contributed by atoms with Crippen LogP contribution < -0.4 is 10.6 Å². The Morgan fingerprint density at radius 3 is 2.20 bits per heavy atom. The van der Waals surface area contributed by atoms with Gasteiger partial charge in [0, 0.05) is 5.02 Å². The topological polar surface area (TPSA) is 58.2 Å². The molecule has 0 aliphatic heterocycles. The number of anilines is 2. The maximum Gasteiger partial charge on any atom is 0.228 e. The third-order valence-corrected chi connectivity index (χ3v) is 4.43. The van der Waals surface area contributed by atoms with Crippen molar-refractivity contribution >= 4 is 46.4 Å². The van der Waals surface area contributed by atoms with Crippen molar-refractivity contribution in [3.05, 3.63) is 58.1 Å². The van der Waals surface area contributed by atoms with Gasteiger partial charge in [-0.1, -0.05) is 29.3 Å². The van der Waals surface area contributed by atoms with Crippen molar-refractivity contribution in [1.29, 1.82) is 0 Å². The van der Waals surface area contributed by atoms with Crippen LogP contribution in [0.1, 0.15) is 6.42 Å². The molecule has 2 aromatic carbocycles. The Labute approximate surface area is 152 Å². The van der Waals surface area contributed by atoms with E-state index in [9.17, 15) is 18.4 Å². The molecule has 0 radical (unpaired) electrons. The predicted octanol–water partition coefficient (Wildman–Crippen LogP) is 4.48. The van der Waals surface area contributed by atoms with Crippen LogP contribution in [0.3, 0.4) is 0 Å². The molecule has 8 heteroatoms. The van der Waals surface area contributed by atoms with Crippen LogP contribution in [0, 0.1) is 23.5 Å². The molecule has 0 saturated heterocycles. The van der Waals surface area contributed by atoms with E-state index in [0.29, 0.717) is 15.7 Å². The lowest BCUT2D eigenvalue weighted by atomic mass is 10.2. The molecule has 2 atom stereocenters. The van der Waals surface area contributed by atoms with Crippen LogP contribution in [0.4, 0.5) is 20.2 Å². The minimum absolute atomic E-state index is 0.284. The first-order valence-corrected chi connectivity index (χ1v) is 8.13. The summed E-state index contributed by atoms with van der Waals surface area (Å²) in [6.45, 7) is 0. The van der Waals surface area contributed by atoms with Gasteiger partial charge in [-0.3, -0.25) is 9.59 Å². The molecule has 2 unspecified atom stereocenters. The van der Waals surface area contributed by atoms with Gasteiger partial charge < -0.3 is 10.6 Å². The molecular formula is C17H12Cl2F2N2O2. The van der Waals surface area contributed by atoms with Crippen molar-refractivity contribution in [3.63, 3.8) is 0 Å². The molecule has 0 bridgehead atoms. The molecule has 0 aromatic heterocycles. The van der Waals surface area contributed by atoms with Crippen molar-refractivity contribution in [3.8, 4) is 0 Å². The first kappa shape index (κ1) is 17.6. The van der Waals surface area contributed by atoms with E-state index in [1.54, 1.807) is 6.07 Å². The van der Waals surface area contributed by atoms with Crippen LogP contribution in [0.2, 0.25) is 10.0 Å². The van der Waals surface area contributed by atoms with Gasteiger partial charge in [0.05, 0.1) is 22.5 Å². The van der Waals surface area contributed by atoms with Gasteiger partial charge in [0.1, 0.15) is 17.3 Å². The maximum atomic E-state index is 13.6. The number of rotatable bonds is 4. The summed E-state index contributed by atoms with van der Waals surface area (Å²) in [7, 11) is 0.